The molecule has 3 nitrogen and oxygen atoms in total. The number of hydrogen-bond acceptors (Lipinski definition) is 3. The molecule has 82 valence electrons. The lowest BCUT2D eigenvalue weighted by molar-refractivity contribution is 0.817. The number of nitrogens with zero attached hydrogens (tertiary/aromatic N) is 2. The number of nitrogens with two attached hydrogens (primary N) is 1. The molecule has 1 aromatic carbocycles. The predicted molar refractivity (Wildman–Crippen MR) is 63.9 cm³/mol. The van der Waals surface area contributed by atoms with Crippen LogP contribution in [0.3, 0.4) is 0 Å². The van der Waals surface area contributed by atoms with Crippen LogP contribution >= 0.6 is 0 Å². The van der Waals surface area contributed by atoms with Gasteiger partial charge in [-0.2, -0.15) is 0 Å². The van der Waals surface area contributed by atoms with E-state index in [0.29, 0.717) is 0 Å². The van der Waals surface area contributed by atoms with Crippen LogP contribution in [0.1, 0.15) is 29.8 Å². The van der Waals surface area contributed by atoms with Crippen molar-refractivity contribution in [2.75, 3.05) is 0 Å². The summed E-state index contributed by atoms with van der Waals surface area (Å²) in [6.07, 6.45) is 6.06. The predicted octanol–water partition coefficient (Wildman–Crippen LogP) is 2.09. The van der Waals surface area contributed by atoms with E-state index in [-0.39, 0.29) is 6.04 Å². The molecule has 2 N–H and O–H groups in total. The molecule has 0 bridgehead atoms. The molecule has 0 spiro atoms. The summed E-state index contributed by atoms with van der Waals surface area (Å²) in [4.78, 5) is 8.23. The van der Waals surface area contributed by atoms with Gasteiger partial charge in [-0.25, -0.2) is 0 Å². The van der Waals surface area contributed by atoms with E-state index in [4.69, 9.17) is 5.73 Å². The number of hydrogen-bond donors (Lipinski definition) is 1. The maximum absolute atomic E-state index is 6.11. The molecule has 0 aliphatic carbocycles. The van der Waals surface area contributed by atoms with Gasteiger partial charge in [-0.15, -0.1) is 0 Å². The van der Waals surface area contributed by atoms with E-state index < -0.39 is 0 Å². The Morgan fingerprint density at radius 3 is 2.50 bits per heavy atom. The van der Waals surface area contributed by atoms with Gasteiger partial charge in [-0.3, -0.25) is 9.97 Å². The van der Waals surface area contributed by atoms with Crippen LogP contribution in [-0.4, -0.2) is 9.97 Å². The first-order valence-electron chi connectivity index (χ1n) is 5.41. The maximum Gasteiger partial charge on any atom is 0.0799 e. The molecule has 16 heavy (non-hydrogen) atoms. The molecule has 1 atom stereocenters. The minimum absolute atomic E-state index is 0.195. The molecule has 3 heteroatoms. The maximum atomic E-state index is 6.11. The van der Waals surface area contributed by atoms with Crippen molar-refractivity contribution in [2.24, 2.45) is 5.73 Å². The van der Waals surface area contributed by atoms with Gasteiger partial charge in [-0.1, -0.05) is 31.2 Å². The highest BCUT2D eigenvalue weighted by molar-refractivity contribution is 5.29. The second-order valence-corrected chi connectivity index (χ2v) is 3.70. The summed E-state index contributed by atoms with van der Waals surface area (Å²) >= 11 is 0. The zero-order valence-corrected chi connectivity index (χ0v) is 9.30. The summed E-state index contributed by atoms with van der Waals surface area (Å²) in [7, 11) is 0. The lowest BCUT2D eigenvalue weighted by Crippen LogP contribution is -2.13. The zero-order chi connectivity index (χ0) is 11.4. The summed E-state index contributed by atoms with van der Waals surface area (Å²) in [5, 5.41) is 0. The van der Waals surface area contributed by atoms with Gasteiger partial charge in [0, 0.05) is 12.4 Å². The fraction of sp³-hybridized carbons (Fsp3) is 0.231. The second-order valence-electron chi connectivity index (χ2n) is 3.70. The molecule has 0 radical (unpaired) electrons. The monoisotopic (exact) mass is 213 g/mol. The highest BCUT2D eigenvalue weighted by atomic mass is 14.8. The minimum atomic E-state index is -0.195. The highest BCUT2D eigenvalue weighted by Crippen LogP contribution is 2.17. The van der Waals surface area contributed by atoms with Gasteiger partial charge in [0.05, 0.1) is 17.9 Å². The van der Waals surface area contributed by atoms with Crippen molar-refractivity contribution >= 4 is 0 Å². The van der Waals surface area contributed by atoms with Crippen LogP contribution in [0.15, 0.2) is 42.9 Å². The first kappa shape index (κ1) is 10.8. The molecule has 0 aliphatic heterocycles. The summed E-state index contributed by atoms with van der Waals surface area (Å²) < 4.78 is 0. The van der Waals surface area contributed by atoms with Crippen LogP contribution in [0.4, 0.5) is 0 Å². The van der Waals surface area contributed by atoms with Crippen molar-refractivity contribution in [2.45, 2.75) is 19.4 Å². The SMILES string of the molecule is CCc1ccc(C(N)c2cnccn2)cc1. The molecular formula is C13H15N3. The smallest absolute Gasteiger partial charge is 0.0799 e. The van der Waals surface area contributed by atoms with E-state index in [1.54, 1.807) is 18.6 Å². The van der Waals surface area contributed by atoms with Crippen molar-refractivity contribution in [3.8, 4) is 0 Å². The van der Waals surface area contributed by atoms with Crippen molar-refractivity contribution in [3.05, 3.63) is 59.7 Å². The third-order valence-electron chi connectivity index (χ3n) is 2.65. The summed E-state index contributed by atoms with van der Waals surface area (Å²) in [5.41, 5.74) is 9.29. The fourth-order valence-corrected chi connectivity index (χ4v) is 1.60. The molecular weight excluding hydrogens is 198 g/mol. The molecule has 0 fully saturated rings. The van der Waals surface area contributed by atoms with E-state index in [2.05, 4.69) is 41.2 Å². The lowest BCUT2D eigenvalue weighted by Gasteiger charge is -2.11. The Morgan fingerprint density at radius 2 is 1.94 bits per heavy atom. The largest absolute Gasteiger partial charge is 0.319 e. The average Bonchev–Trinajstić information content (AvgIpc) is 2.39. The number of benzene rings is 1. The number of aryl methyl sites for hydroxylation is 1. The quantitative estimate of drug-likeness (QED) is 0.849. The lowest BCUT2D eigenvalue weighted by atomic mass is 10.0. The first-order chi connectivity index (χ1) is 7.81. The van der Waals surface area contributed by atoms with E-state index in [9.17, 15) is 0 Å². The van der Waals surface area contributed by atoms with Gasteiger partial charge < -0.3 is 5.73 Å². The Kier molecular flexibility index (Phi) is 3.27. The van der Waals surface area contributed by atoms with Gasteiger partial charge >= 0.3 is 0 Å². The van der Waals surface area contributed by atoms with E-state index >= 15 is 0 Å². The third-order valence-corrected chi connectivity index (χ3v) is 2.65. The Morgan fingerprint density at radius 1 is 1.19 bits per heavy atom. The Balaban J connectivity index is 2.24. The number of aromatic nitrogens is 2. The summed E-state index contributed by atoms with van der Waals surface area (Å²) in [5.74, 6) is 0. The van der Waals surface area contributed by atoms with Gasteiger partial charge in [-0.05, 0) is 17.5 Å². The van der Waals surface area contributed by atoms with Crippen molar-refractivity contribution < 1.29 is 0 Å². The molecule has 1 unspecified atom stereocenters. The Bertz CT molecular complexity index is 436. The molecule has 0 saturated carbocycles. The molecule has 2 rings (SSSR count). The van der Waals surface area contributed by atoms with E-state index in [1.807, 2.05) is 0 Å². The third kappa shape index (κ3) is 2.25. The normalized spacial score (nSPS) is 12.4. The molecule has 0 aliphatic rings. The van der Waals surface area contributed by atoms with Crippen LogP contribution in [0.5, 0.6) is 0 Å². The molecule has 0 saturated heterocycles. The van der Waals surface area contributed by atoms with Crippen LogP contribution in [-0.2, 0) is 6.42 Å². The zero-order valence-electron chi connectivity index (χ0n) is 9.30. The topological polar surface area (TPSA) is 51.8 Å². The molecule has 0 amide bonds. The minimum Gasteiger partial charge on any atom is -0.319 e. The van der Waals surface area contributed by atoms with E-state index in [0.717, 1.165) is 17.7 Å². The fourth-order valence-electron chi connectivity index (χ4n) is 1.60. The van der Waals surface area contributed by atoms with Gasteiger partial charge in [0.2, 0.25) is 0 Å². The molecule has 1 heterocycles. The van der Waals surface area contributed by atoms with Gasteiger partial charge in [0.15, 0.2) is 0 Å². The Hall–Kier alpha value is -1.74. The standard InChI is InChI=1S/C13H15N3/c1-2-10-3-5-11(6-4-10)13(14)12-9-15-7-8-16-12/h3-9,13H,2,14H2,1H3. The van der Waals surface area contributed by atoms with Gasteiger partial charge in [0.25, 0.3) is 0 Å². The van der Waals surface area contributed by atoms with Crippen LogP contribution in [0.25, 0.3) is 0 Å². The van der Waals surface area contributed by atoms with Gasteiger partial charge in [0.1, 0.15) is 0 Å². The van der Waals surface area contributed by atoms with Crippen molar-refractivity contribution in [1.82, 2.24) is 9.97 Å². The second kappa shape index (κ2) is 4.86. The van der Waals surface area contributed by atoms with Crippen LogP contribution in [0.2, 0.25) is 0 Å². The molecule has 1 aromatic heterocycles. The highest BCUT2D eigenvalue weighted by Gasteiger charge is 2.09. The summed E-state index contributed by atoms with van der Waals surface area (Å²) in [6, 6.07) is 8.12. The van der Waals surface area contributed by atoms with Crippen LogP contribution < -0.4 is 5.73 Å². The van der Waals surface area contributed by atoms with Crippen molar-refractivity contribution in [3.63, 3.8) is 0 Å². The van der Waals surface area contributed by atoms with E-state index in [1.165, 1.54) is 5.56 Å². The number of rotatable bonds is 3. The summed E-state index contributed by atoms with van der Waals surface area (Å²) in [6.45, 7) is 2.14. The average molecular weight is 213 g/mol. The Labute approximate surface area is 95.4 Å². The molecule has 2 aromatic rings. The van der Waals surface area contributed by atoms with Crippen LogP contribution in [0, 0.1) is 0 Å². The van der Waals surface area contributed by atoms with Crippen molar-refractivity contribution in [1.29, 1.82) is 0 Å². The first-order valence-corrected chi connectivity index (χ1v) is 5.41.